The fraction of sp³-hybridized carbons (Fsp3) is 0.300. The maximum absolute atomic E-state index is 11.8. The van der Waals surface area contributed by atoms with E-state index in [-0.39, 0.29) is 17.9 Å². The molecule has 126 valence electrons. The third-order valence-corrected chi connectivity index (χ3v) is 3.68. The smallest absolute Gasteiger partial charge is 0.259 e. The van der Waals surface area contributed by atoms with E-state index in [0.29, 0.717) is 0 Å². The summed E-state index contributed by atoms with van der Waals surface area (Å²) >= 11 is 0. The van der Waals surface area contributed by atoms with E-state index in [2.05, 4.69) is 48.7 Å². The number of benzene rings is 2. The number of carbonyl (C=O) groups excluding carboxylic acids is 1. The van der Waals surface area contributed by atoms with E-state index < -0.39 is 0 Å². The van der Waals surface area contributed by atoms with E-state index >= 15 is 0 Å². The highest BCUT2D eigenvalue weighted by Crippen LogP contribution is 2.21. The highest BCUT2D eigenvalue weighted by Gasteiger charge is 2.12. The molecule has 0 saturated carbocycles. The Hall–Kier alpha value is -2.62. The Morgan fingerprint density at radius 2 is 1.67 bits per heavy atom. The monoisotopic (exact) mass is 323 g/mol. The molecular weight excluding hydrogens is 298 g/mol. The van der Waals surface area contributed by atoms with Crippen LogP contribution in [0.5, 0.6) is 0 Å². The van der Waals surface area contributed by atoms with Crippen LogP contribution in [-0.4, -0.2) is 18.7 Å². The fourth-order valence-corrected chi connectivity index (χ4v) is 2.14. The number of aryl methyl sites for hydroxylation is 1. The molecule has 0 saturated heterocycles. The van der Waals surface area contributed by atoms with Crippen molar-refractivity contribution < 1.29 is 4.79 Å². The summed E-state index contributed by atoms with van der Waals surface area (Å²) in [5, 5.41) is 7.05. The van der Waals surface area contributed by atoms with Crippen molar-refractivity contribution in [3.8, 4) is 0 Å². The number of hydrogen-bond donors (Lipinski definition) is 2. The molecule has 4 nitrogen and oxygen atoms in total. The zero-order valence-corrected chi connectivity index (χ0v) is 14.8. The molecule has 0 heterocycles. The minimum atomic E-state index is -0.182. The van der Waals surface area contributed by atoms with Gasteiger partial charge in [0.1, 0.15) is 0 Å². The molecule has 0 aromatic heterocycles. The van der Waals surface area contributed by atoms with Crippen molar-refractivity contribution in [3.63, 3.8) is 0 Å². The van der Waals surface area contributed by atoms with Crippen LogP contribution in [0.3, 0.4) is 0 Å². The summed E-state index contributed by atoms with van der Waals surface area (Å²) in [5.41, 5.74) is 6.98. The molecule has 0 spiro atoms. The molecule has 1 amide bonds. The summed E-state index contributed by atoms with van der Waals surface area (Å²) in [6, 6.07) is 16.1. The number of anilines is 1. The maximum Gasteiger partial charge on any atom is 0.259 e. The number of carbonyl (C=O) groups is 1. The molecule has 0 aliphatic rings. The van der Waals surface area contributed by atoms with Gasteiger partial charge in [-0.3, -0.25) is 4.79 Å². The number of hydrogen-bond acceptors (Lipinski definition) is 3. The summed E-state index contributed by atoms with van der Waals surface area (Å²) in [4.78, 5) is 11.8. The summed E-state index contributed by atoms with van der Waals surface area (Å²) in [6.07, 6.45) is 1.65. The second-order valence-corrected chi connectivity index (χ2v) is 6.88. The van der Waals surface area contributed by atoms with Crippen LogP contribution in [0.2, 0.25) is 0 Å². The number of amides is 1. The first kappa shape index (κ1) is 17.7. The highest BCUT2D eigenvalue weighted by molar-refractivity contribution is 5.84. The van der Waals surface area contributed by atoms with Gasteiger partial charge in [-0.05, 0) is 35.6 Å². The average molecular weight is 323 g/mol. The fourth-order valence-electron chi connectivity index (χ4n) is 2.14. The van der Waals surface area contributed by atoms with Crippen molar-refractivity contribution in [2.45, 2.75) is 33.1 Å². The number of nitrogens with zero attached hydrogens (tertiary/aromatic N) is 1. The quantitative estimate of drug-likeness (QED) is 0.648. The SMILES string of the molecule is Cc1ccc(NCC(=O)NN=Cc2ccc(C(C)(C)C)cc2)cc1. The van der Waals surface area contributed by atoms with Crippen LogP contribution in [0, 0.1) is 6.92 Å². The van der Waals surface area contributed by atoms with Crippen molar-refractivity contribution in [1.82, 2.24) is 5.43 Å². The first-order valence-electron chi connectivity index (χ1n) is 8.07. The lowest BCUT2D eigenvalue weighted by molar-refractivity contribution is -0.119. The van der Waals surface area contributed by atoms with Gasteiger partial charge in [-0.2, -0.15) is 5.10 Å². The van der Waals surface area contributed by atoms with E-state index in [9.17, 15) is 4.79 Å². The van der Waals surface area contributed by atoms with E-state index in [4.69, 9.17) is 0 Å². The van der Waals surface area contributed by atoms with E-state index in [1.165, 1.54) is 11.1 Å². The summed E-state index contributed by atoms with van der Waals surface area (Å²) in [5.74, 6) is -0.182. The van der Waals surface area contributed by atoms with Crippen LogP contribution in [0.4, 0.5) is 5.69 Å². The highest BCUT2D eigenvalue weighted by atomic mass is 16.2. The first-order valence-corrected chi connectivity index (χ1v) is 8.07. The lowest BCUT2D eigenvalue weighted by Crippen LogP contribution is -2.25. The average Bonchev–Trinajstić information content (AvgIpc) is 2.54. The van der Waals surface area contributed by atoms with Crippen LogP contribution in [0.1, 0.15) is 37.5 Å². The third-order valence-electron chi connectivity index (χ3n) is 3.68. The van der Waals surface area contributed by atoms with Gasteiger partial charge < -0.3 is 5.32 Å². The van der Waals surface area contributed by atoms with Gasteiger partial charge in [-0.1, -0.05) is 62.7 Å². The van der Waals surface area contributed by atoms with E-state index in [1.807, 2.05) is 43.3 Å². The van der Waals surface area contributed by atoms with Gasteiger partial charge in [-0.15, -0.1) is 0 Å². The summed E-state index contributed by atoms with van der Waals surface area (Å²) in [6.45, 7) is 8.74. The van der Waals surface area contributed by atoms with Gasteiger partial charge in [0.05, 0.1) is 12.8 Å². The van der Waals surface area contributed by atoms with Crippen molar-refractivity contribution in [2.24, 2.45) is 5.10 Å². The third kappa shape index (κ3) is 5.54. The zero-order valence-electron chi connectivity index (χ0n) is 14.8. The maximum atomic E-state index is 11.8. The Bertz CT molecular complexity index is 695. The Morgan fingerprint density at radius 1 is 1.04 bits per heavy atom. The predicted octanol–water partition coefficient (Wildman–Crippen LogP) is 3.85. The number of nitrogens with one attached hydrogen (secondary N) is 2. The normalized spacial score (nSPS) is 11.5. The van der Waals surface area contributed by atoms with Crippen LogP contribution in [0.15, 0.2) is 53.6 Å². The molecule has 0 unspecified atom stereocenters. The van der Waals surface area contributed by atoms with E-state index in [1.54, 1.807) is 6.21 Å². The number of hydrazone groups is 1. The zero-order chi connectivity index (χ0) is 17.6. The summed E-state index contributed by atoms with van der Waals surface area (Å²) in [7, 11) is 0. The second-order valence-electron chi connectivity index (χ2n) is 6.88. The standard InChI is InChI=1S/C20H25N3O/c1-15-5-11-18(12-6-15)21-14-19(24)23-22-13-16-7-9-17(10-8-16)20(2,3)4/h5-13,21H,14H2,1-4H3,(H,23,24). The van der Waals surface area contributed by atoms with Crippen LogP contribution >= 0.6 is 0 Å². The summed E-state index contributed by atoms with van der Waals surface area (Å²) < 4.78 is 0. The van der Waals surface area contributed by atoms with Gasteiger partial charge in [0.15, 0.2) is 0 Å². The van der Waals surface area contributed by atoms with Gasteiger partial charge in [0, 0.05) is 5.69 Å². The molecule has 24 heavy (non-hydrogen) atoms. The molecule has 0 radical (unpaired) electrons. The van der Waals surface area contributed by atoms with Crippen LogP contribution < -0.4 is 10.7 Å². The Morgan fingerprint density at radius 3 is 2.25 bits per heavy atom. The van der Waals surface area contributed by atoms with Gasteiger partial charge in [-0.25, -0.2) is 5.43 Å². The molecule has 2 N–H and O–H groups in total. The molecule has 0 aliphatic carbocycles. The van der Waals surface area contributed by atoms with Gasteiger partial charge >= 0.3 is 0 Å². The van der Waals surface area contributed by atoms with Crippen molar-refractivity contribution >= 4 is 17.8 Å². The van der Waals surface area contributed by atoms with Crippen LogP contribution in [-0.2, 0) is 10.2 Å². The molecule has 2 rings (SSSR count). The van der Waals surface area contributed by atoms with Crippen molar-refractivity contribution in [3.05, 3.63) is 65.2 Å². The Kier molecular flexibility index (Phi) is 5.74. The predicted molar refractivity (Wildman–Crippen MR) is 101 cm³/mol. The Balaban J connectivity index is 1.80. The van der Waals surface area contributed by atoms with Gasteiger partial charge in [0.25, 0.3) is 5.91 Å². The Labute approximate surface area is 144 Å². The van der Waals surface area contributed by atoms with Crippen LogP contribution in [0.25, 0.3) is 0 Å². The number of rotatable bonds is 5. The largest absolute Gasteiger partial charge is 0.376 e. The molecular formula is C20H25N3O. The molecule has 2 aromatic rings. The van der Waals surface area contributed by atoms with E-state index in [0.717, 1.165) is 11.3 Å². The molecule has 2 aromatic carbocycles. The minimum Gasteiger partial charge on any atom is -0.376 e. The molecule has 0 aliphatic heterocycles. The molecule has 0 bridgehead atoms. The van der Waals surface area contributed by atoms with Crippen molar-refractivity contribution in [1.29, 1.82) is 0 Å². The first-order chi connectivity index (χ1) is 11.3. The van der Waals surface area contributed by atoms with Crippen molar-refractivity contribution in [2.75, 3.05) is 11.9 Å². The molecule has 0 fully saturated rings. The lowest BCUT2D eigenvalue weighted by Gasteiger charge is -2.18. The minimum absolute atomic E-state index is 0.130. The van der Waals surface area contributed by atoms with Gasteiger partial charge in [0.2, 0.25) is 0 Å². The molecule has 0 atom stereocenters. The second kappa shape index (κ2) is 7.77. The lowest BCUT2D eigenvalue weighted by atomic mass is 9.87. The topological polar surface area (TPSA) is 53.5 Å². The molecule has 4 heteroatoms.